The first-order valence-electron chi connectivity index (χ1n) is 7.01. The summed E-state index contributed by atoms with van der Waals surface area (Å²) in [6.45, 7) is 0.688. The van der Waals surface area contributed by atoms with Crippen molar-refractivity contribution in [3.63, 3.8) is 0 Å². The van der Waals surface area contributed by atoms with E-state index in [2.05, 4.69) is 22.2 Å². The Labute approximate surface area is 114 Å². The van der Waals surface area contributed by atoms with Crippen LogP contribution in [0.15, 0.2) is 40.4 Å². The zero-order valence-electron chi connectivity index (χ0n) is 11.2. The van der Waals surface area contributed by atoms with Crippen molar-refractivity contribution in [2.24, 2.45) is 10.1 Å². The van der Waals surface area contributed by atoms with Crippen LogP contribution < -0.4 is 0 Å². The third-order valence-corrected chi connectivity index (χ3v) is 3.54. The summed E-state index contributed by atoms with van der Waals surface area (Å²) in [4.78, 5) is 7.69. The molecule has 0 saturated heterocycles. The highest BCUT2D eigenvalue weighted by molar-refractivity contribution is 5.89. The molecule has 0 aliphatic heterocycles. The van der Waals surface area contributed by atoms with Gasteiger partial charge in [-0.1, -0.05) is 54.7 Å². The van der Waals surface area contributed by atoms with Crippen molar-refractivity contribution in [3.05, 3.63) is 46.3 Å². The van der Waals surface area contributed by atoms with Gasteiger partial charge in [0.15, 0.2) is 0 Å². The SMILES string of the molecule is [N-]=[N+]=NC1CCCCCCC1=NCc1ccccc1. The molecular weight excluding hydrogens is 236 g/mol. The van der Waals surface area contributed by atoms with Crippen LogP contribution in [0.3, 0.4) is 0 Å². The van der Waals surface area contributed by atoms with Crippen LogP contribution in [0.25, 0.3) is 10.4 Å². The summed E-state index contributed by atoms with van der Waals surface area (Å²) < 4.78 is 0. The number of nitrogens with zero attached hydrogens (tertiary/aromatic N) is 4. The number of rotatable bonds is 3. The molecule has 1 aliphatic rings. The third kappa shape index (κ3) is 4.42. The van der Waals surface area contributed by atoms with E-state index in [0.29, 0.717) is 6.54 Å². The Morgan fingerprint density at radius 3 is 2.68 bits per heavy atom. The molecule has 1 atom stereocenters. The van der Waals surface area contributed by atoms with E-state index in [1.54, 1.807) is 0 Å². The highest BCUT2D eigenvalue weighted by Crippen LogP contribution is 2.19. The normalized spacial score (nSPS) is 22.3. The fourth-order valence-electron chi connectivity index (χ4n) is 2.48. The molecule has 1 saturated carbocycles. The second-order valence-corrected chi connectivity index (χ2v) is 4.97. The highest BCUT2D eigenvalue weighted by atomic mass is 15.2. The number of hydrogen-bond donors (Lipinski definition) is 0. The second-order valence-electron chi connectivity index (χ2n) is 4.97. The fraction of sp³-hybridized carbons (Fsp3) is 0.533. The Hall–Kier alpha value is -1.80. The molecule has 1 aromatic carbocycles. The molecule has 19 heavy (non-hydrogen) atoms. The molecule has 2 rings (SSSR count). The first kappa shape index (κ1) is 13.6. The number of benzene rings is 1. The smallest absolute Gasteiger partial charge is 0.0754 e. The first-order valence-corrected chi connectivity index (χ1v) is 7.01. The monoisotopic (exact) mass is 256 g/mol. The molecule has 0 aromatic heterocycles. The van der Waals surface area contributed by atoms with Gasteiger partial charge in [-0.25, -0.2) is 0 Å². The maximum atomic E-state index is 8.69. The van der Waals surface area contributed by atoms with E-state index in [0.717, 1.165) is 31.4 Å². The largest absolute Gasteiger partial charge is 0.289 e. The summed E-state index contributed by atoms with van der Waals surface area (Å²) >= 11 is 0. The van der Waals surface area contributed by atoms with Crippen LogP contribution in [-0.2, 0) is 6.54 Å². The zero-order chi connectivity index (χ0) is 13.3. The van der Waals surface area contributed by atoms with Gasteiger partial charge in [0.1, 0.15) is 0 Å². The van der Waals surface area contributed by atoms with E-state index < -0.39 is 0 Å². The minimum absolute atomic E-state index is 0.0333. The van der Waals surface area contributed by atoms with Crippen molar-refractivity contribution < 1.29 is 0 Å². The van der Waals surface area contributed by atoms with Crippen LogP contribution in [-0.4, -0.2) is 11.8 Å². The molecule has 1 fully saturated rings. The topological polar surface area (TPSA) is 61.1 Å². The number of azide groups is 1. The van der Waals surface area contributed by atoms with Gasteiger partial charge < -0.3 is 0 Å². The van der Waals surface area contributed by atoms with E-state index in [4.69, 9.17) is 10.5 Å². The highest BCUT2D eigenvalue weighted by Gasteiger charge is 2.16. The minimum Gasteiger partial charge on any atom is -0.289 e. The average molecular weight is 256 g/mol. The molecule has 4 nitrogen and oxygen atoms in total. The van der Waals surface area contributed by atoms with Crippen molar-refractivity contribution in [1.29, 1.82) is 0 Å². The molecule has 0 spiro atoms. The minimum atomic E-state index is -0.0333. The van der Waals surface area contributed by atoms with Crippen molar-refractivity contribution in [3.8, 4) is 0 Å². The molecule has 0 radical (unpaired) electrons. The average Bonchev–Trinajstić information content (AvgIpc) is 2.43. The summed E-state index contributed by atoms with van der Waals surface area (Å²) in [6, 6.07) is 10.2. The molecule has 0 bridgehead atoms. The quantitative estimate of drug-likeness (QED) is 0.429. The molecule has 1 aliphatic carbocycles. The summed E-state index contributed by atoms with van der Waals surface area (Å²) in [7, 11) is 0. The lowest BCUT2D eigenvalue weighted by Gasteiger charge is -2.17. The molecule has 1 aromatic rings. The van der Waals surface area contributed by atoms with Crippen molar-refractivity contribution in [2.75, 3.05) is 0 Å². The summed E-state index contributed by atoms with van der Waals surface area (Å²) in [6.07, 6.45) is 6.70. The van der Waals surface area contributed by atoms with Gasteiger partial charge in [0, 0.05) is 10.6 Å². The Morgan fingerprint density at radius 2 is 1.89 bits per heavy atom. The Balaban J connectivity index is 2.09. The predicted molar refractivity (Wildman–Crippen MR) is 78.2 cm³/mol. The van der Waals surface area contributed by atoms with Crippen LogP contribution in [0.1, 0.15) is 44.1 Å². The molecule has 0 heterocycles. The lowest BCUT2D eigenvalue weighted by atomic mass is 9.95. The Morgan fingerprint density at radius 1 is 1.11 bits per heavy atom. The predicted octanol–water partition coefficient (Wildman–Crippen LogP) is 4.66. The van der Waals surface area contributed by atoms with Crippen LogP contribution in [0.5, 0.6) is 0 Å². The summed E-state index contributed by atoms with van der Waals surface area (Å²) in [5.41, 5.74) is 11.0. The van der Waals surface area contributed by atoms with Crippen LogP contribution in [0.4, 0.5) is 0 Å². The van der Waals surface area contributed by atoms with Gasteiger partial charge in [0.25, 0.3) is 0 Å². The maximum Gasteiger partial charge on any atom is 0.0754 e. The van der Waals surface area contributed by atoms with Gasteiger partial charge in [-0.15, -0.1) is 0 Å². The van der Waals surface area contributed by atoms with E-state index in [-0.39, 0.29) is 6.04 Å². The molecule has 100 valence electrons. The number of aliphatic imine (C=N–C) groups is 1. The lowest BCUT2D eigenvalue weighted by Crippen LogP contribution is -2.20. The van der Waals surface area contributed by atoms with Gasteiger partial charge in [-0.2, -0.15) is 0 Å². The van der Waals surface area contributed by atoms with E-state index in [1.165, 1.54) is 18.4 Å². The van der Waals surface area contributed by atoms with Crippen molar-refractivity contribution in [2.45, 2.75) is 51.1 Å². The molecule has 1 unspecified atom stereocenters. The summed E-state index contributed by atoms with van der Waals surface area (Å²) in [5, 5.41) is 3.93. The zero-order valence-corrected chi connectivity index (χ0v) is 11.2. The standard InChI is InChI=1S/C15H20N4/c16-19-18-15-11-7-2-1-6-10-14(15)17-12-13-8-4-3-5-9-13/h3-5,8-9,15H,1-2,6-7,10-12H2. The van der Waals surface area contributed by atoms with Crippen LogP contribution in [0, 0.1) is 0 Å². The lowest BCUT2D eigenvalue weighted by molar-refractivity contribution is 0.570. The molecular formula is C15H20N4. The van der Waals surface area contributed by atoms with Crippen molar-refractivity contribution >= 4 is 5.71 Å². The first-order chi connectivity index (χ1) is 9.40. The molecule has 0 N–H and O–H groups in total. The van der Waals surface area contributed by atoms with Gasteiger partial charge in [-0.05, 0) is 30.4 Å². The fourth-order valence-corrected chi connectivity index (χ4v) is 2.48. The maximum absolute atomic E-state index is 8.69. The molecule has 4 heteroatoms. The van der Waals surface area contributed by atoms with Gasteiger partial charge in [0.05, 0.1) is 12.6 Å². The van der Waals surface area contributed by atoms with Crippen LogP contribution in [0.2, 0.25) is 0 Å². The van der Waals surface area contributed by atoms with E-state index in [9.17, 15) is 0 Å². The third-order valence-electron chi connectivity index (χ3n) is 3.54. The van der Waals surface area contributed by atoms with Crippen LogP contribution >= 0.6 is 0 Å². The van der Waals surface area contributed by atoms with Gasteiger partial charge >= 0.3 is 0 Å². The van der Waals surface area contributed by atoms with Crippen molar-refractivity contribution in [1.82, 2.24) is 0 Å². The van der Waals surface area contributed by atoms with Gasteiger partial charge in [0.2, 0.25) is 0 Å². The molecule has 0 amide bonds. The Bertz CT molecular complexity index is 460. The number of hydrogen-bond acceptors (Lipinski definition) is 2. The Kier molecular flexibility index (Phi) is 5.45. The van der Waals surface area contributed by atoms with E-state index in [1.807, 2.05) is 18.2 Å². The summed E-state index contributed by atoms with van der Waals surface area (Å²) in [5.74, 6) is 0. The second kappa shape index (κ2) is 7.59. The van der Waals surface area contributed by atoms with E-state index >= 15 is 0 Å². The van der Waals surface area contributed by atoms with Gasteiger partial charge in [-0.3, -0.25) is 4.99 Å².